The lowest BCUT2D eigenvalue weighted by Crippen LogP contribution is -2.30. The van der Waals surface area contributed by atoms with Gasteiger partial charge in [0, 0.05) is 12.6 Å². The normalized spacial score (nSPS) is 12.6. The molecular formula is C12H22N4OS. The van der Waals surface area contributed by atoms with Crippen molar-refractivity contribution in [2.45, 2.75) is 32.0 Å². The molecule has 3 N–H and O–H groups in total. The largest absolute Gasteiger partial charge is 0.394 e. The predicted octanol–water partition coefficient (Wildman–Crippen LogP) is 2.06. The van der Waals surface area contributed by atoms with E-state index in [1.165, 1.54) is 11.8 Å². The zero-order valence-electron chi connectivity index (χ0n) is 11.4. The van der Waals surface area contributed by atoms with Crippen LogP contribution in [0.2, 0.25) is 0 Å². The van der Waals surface area contributed by atoms with Gasteiger partial charge in [0.25, 0.3) is 0 Å². The van der Waals surface area contributed by atoms with Crippen LogP contribution in [0.5, 0.6) is 0 Å². The van der Waals surface area contributed by atoms with Gasteiger partial charge in [-0.05, 0) is 19.1 Å². The van der Waals surface area contributed by atoms with E-state index in [9.17, 15) is 5.11 Å². The number of aliphatic hydroxyl groups is 1. The van der Waals surface area contributed by atoms with E-state index in [0.29, 0.717) is 5.92 Å². The first kappa shape index (κ1) is 15.0. The van der Waals surface area contributed by atoms with Crippen LogP contribution in [0, 0.1) is 5.92 Å². The second-order valence-electron chi connectivity index (χ2n) is 4.33. The van der Waals surface area contributed by atoms with E-state index in [4.69, 9.17) is 0 Å². The summed E-state index contributed by atoms with van der Waals surface area (Å²) < 4.78 is 0. The Morgan fingerprint density at radius 3 is 2.50 bits per heavy atom. The number of hydrogen-bond acceptors (Lipinski definition) is 6. The molecule has 1 aromatic heterocycles. The molecule has 0 aliphatic carbocycles. The number of aromatic nitrogens is 2. The first-order valence-electron chi connectivity index (χ1n) is 6.15. The molecule has 0 unspecified atom stereocenters. The van der Waals surface area contributed by atoms with Crippen molar-refractivity contribution in [3.05, 3.63) is 6.07 Å². The van der Waals surface area contributed by atoms with Crippen LogP contribution in [0.3, 0.4) is 0 Å². The van der Waals surface area contributed by atoms with Crippen LogP contribution in [-0.4, -0.2) is 40.5 Å². The van der Waals surface area contributed by atoms with Gasteiger partial charge >= 0.3 is 0 Å². The van der Waals surface area contributed by atoms with E-state index >= 15 is 0 Å². The maximum absolute atomic E-state index is 9.33. The van der Waals surface area contributed by atoms with Gasteiger partial charge in [0.2, 0.25) is 0 Å². The number of thioether (sulfide) groups is 1. The molecule has 1 heterocycles. The van der Waals surface area contributed by atoms with Gasteiger partial charge in [0.15, 0.2) is 5.16 Å². The minimum atomic E-state index is 0.00378. The Morgan fingerprint density at radius 2 is 2.00 bits per heavy atom. The molecule has 0 radical (unpaired) electrons. The standard InChI is InChI=1S/C12H22N4OS/c1-5-13-10-6-11(16-12(15-10)18-4)14-9(7-17)8(2)3/h6,8-9,17H,5,7H2,1-4H3,(H2,13,14,15,16)/t9-/m1/s1. The molecule has 0 fully saturated rings. The van der Waals surface area contributed by atoms with Crippen LogP contribution in [0.1, 0.15) is 20.8 Å². The number of rotatable bonds is 7. The maximum atomic E-state index is 9.33. The van der Waals surface area contributed by atoms with Crippen molar-refractivity contribution >= 4 is 23.4 Å². The van der Waals surface area contributed by atoms with E-state index in [-0.39, 0.29) is 12.6 Å². The van der Waals surface area contributed by atoms with Crippen molar-refractivity contribution in [3.8, 4) is 0 Å². The predicted molar refractivity (Wildman–Crippen MR) is 77.3 cm³/mol. The molecule has 5 nitrogen and oxygen atoms in total. The summed E-state index contributed by atoms with van der Waals surface area (Å²) in [5.41, 5.74) is 0. The maximum Gasteiger partial charge on any atom is 0.191 e. The van der Waals surface area contributed by atoms with Crippen LogP contribution in [0.25, 0.3) is 0 Å². The van der Waals surface area contributed by atoms with Gasteiger partial charge in [-0.15, -0.1) is 0 Å². The molecule has 0 bridgehead atoms. The zero-order valence-corrected chi connectivity index (χ0v) is 12.2. The van der Waals surface area contributed by atoms with Crippen LogP contribution in [0.15, 0.2) is 11.2 Å². The van der Waals surface area contributed by atoms with Gasteiger partial charge < -0.3 is 15.7 Å². The Bertz CT molecular complexity index is 373. The minimum absolute atomic E-state index is 0.00378. The second kappa shape index (κ2) is 7.43. The van der Waals surface area contributed by atoms with Gasteiger partial charge in [-0.1, -0.05) is 25.6 Å². The van der Waals surface area contributed by atoms with Crippen molar-refractivity contribution in [2.75, 3.05) is 30.0 Å². The SMILES string of the molecule is CCNc1cc(N[C@H](CO)C(C)C)nc(SC)n1. The molecule has 0 amide bonds. The summed E-state index contributed by atoms with van der Waals surface area (Å²) in [5.74, 6) is 1.89. The molecule has 1 atom stereocenters. The van der Waals surface area contributed by atoms with Crippen LogP contribution in [0.4, 0.5) is 11.6 Å². The monoisotopic (exact) mass is 270 g/mol. The van der Waals surface area contributed by atoms with Crippen molar-refractivity contribution in [1.82, 2.24) is 9.97 Å². The summed E-state index contributed by atoms with van der Waals surface area (Å²) in [4.78, 5) is 8.75. The summed E-state index contributed by atoms with van der Waals surface area (Å²) >= 11 is 1.50. The van der Waals surface area contributed by atoms with E-state index in [1.807, 2.05) is 19.2 Å². The fraction of sp³-hybridized carbons (Fsp3) is 0.667. The zero-order chi connectivity index (χ0) is 13.5. The third kappa shape index (κ3) is 4.34. The molecule has 1 rings (SSSR count). The molecule has 0 saturated carbocycles. The lowest BCUT2D eigenvalue weighted by Gasteiger charge is -2.21. The summed E-state index contributed by atoms with van der Waals surface area (Å²) in [6.45, 7) is 7.06. The molecule has 0 aromatic carbocycles. The lowest BCUT2D eigenvalue weighted by molar-refractivity contribution is 0.249. The Morgan fingerprint density at radius 1 is 1.33 bits per heavy atom. The fourth-order valence-corrected chi connectivity index (χ4v) is 1.85. The average Bonchev–Trinajstić information content (AvgIpc) is 2.35. The highest BCUT2D eigenvalue weighted by Crippen LogP contribution is 2.19. The Labute approximate surface area is 113 Å². The summed E-state index contributed by atoms with van der Waals surface area (Å²) in [6, 6.07) is 1.87. The number of anilines is 2. The smallest absolute Gasteiger partial charge is 0.191 e. The summed E-state index contributed by atoms with van der Waals surface area (Å²) in [7, 11) is 0. The van der Waals surface area contributed by atoms with Crippen molar-refractivity contribution in [2.24, 2.45) is 5.92 Å². The molecule has 0 aliphatic rings. The molecule has 0 aliphatic heterocycles. The molecule has 18 heavy (non-hydrogen) atoms. The molecule has 0 saturated heterocycles. The number of hydrogen-bond donors (Lipinski definition) is 3. The minimum Gasteiger partial charge on any atom is -0.394 e. The van der Waals surface area contributed by atoms with Crippen molar-refractivity contribution < 1.29 is 5.11 Å². The highest BCUT2D eigenvalue weighted by molar-refractivity contribution is 7.98. The topological polar surface area (TPSA) is 70.1 Å². The number of aliphatic hydroxyl groups excluding tert-OH is 1. The van der Waals surface area contributed by atoms with Gasteiger partial charge in [0.05, 0.1) is 12.6 Å². The molecule has 1 aromatic rings. The highest BCUT2D eigenvalue weighted by atomic mass is 32.2. The second-order valence-corrected chi connectivity index (χ2v) is 5.11. The number of nitrogens with zero attached hydrogens (tertiary/aromatic N) is 2. The summed E-state index contributed by atoms with van der Waals surface area (Å²) in [6.07, 6.45) is 1.95. The Hall–Kier alpha value is -1.01. The molecule has 0 spiro atoms. The van der Waals surface area contributed by atoms with E-state index in [0.717, 1.165) is 23.3 Å². The van der Waals surface area contributed by atoms with Gasteiger partial charge in [0.1, 0.15) is 11.6 Å². The molecule has 6 heteroatoms. The van der Waals surface area contributed by atoms with Crippen LogP contribution >= 0.6 is 11.8 Å². The third-order valence-electron chi connectivity index (χ3n) is 2.58. The average molecular weight is 270 g/mol. The number of nitrogens with one attached hydrogen (secondary N) is 2. The molecule has 102 valence electrons. The van der Waals surface area contributed by atoms with E-state index < -0.39 is 0 Å². The Kier molecular flexibility index (Phi) is 6.21. The Balaban J connectivity index is 2.89. The van der Waals surface area contributed by atoms with Crippen molar-refractivity contribution in [1.29, 1.82) is 0 Å². The fourth-order valence-electron chi connectivity index (χ4n) is 1.48. The third-order valence-corrected chi connectivity index (χ3v) is 3.13. The van der Waals surface area contributed by atoms with Crippen LogP contribution < -0.4 is 10.6 Å². The van der Waals surface area contributed by atoms with Crippen molar-refractivity contribution in [3.63, 3.8) is 0 Å². The van der Waals surface area contributed by atoms with E-state index in [2.05, 4.69) is 34.4 Å². The van der Waals surface area contributed by atoms with E-state index in [1.54, 1.807) is 0 Å². The highest BCUT2D eigenvalue weighted by Gasteiger charge is 2.13. The lowest BCUT2D eigenvalue weighted by atomic mass is 10.1. The molecular weight excluding hydrogens is 248 g/mol. The quantitative estimate of drug-likeness (QED) is 0.520. The first-order chi connectivity index (χ1) is 8.60. The first-order valence-corrected chi connectivity index (χ1v) is 7.37. The van der Waals surface area contributed by atoms with Gasteiger partial charge in [-0.25, -0.2) is 9.97 Å². The van der Waals surface area contributed by atoms with Gasteiger partial charge in [-0.3, -0.25) is 0 Å². The summed E-state index contributed by atoms with van der Waals surface area (Å²) in [5, 5.41) is 16.5. The van der Waals surface area contributed by atoms with Crippen LogP contribution in [-0.2, 0) is 0 Å². The van der Waals surface area contributed by atoms with Gasteiger partial charge in [-0.2, -0.15) is 0 Å².